The van der Waals surface area contributed by atoms with Crippen molar-refractivity contribution < 1.29 is 4.74 Å². The molecule has 1 fully saturated rings. The summed E-state index contributed by atoms with van der Waals surface area (Å²) in [6, 6.07) is 0. The molecule has 0 bridgehead atoms. The van der Waals surface area contributed by atoms with Crippen molar-refractivity contribution in [3.63, 3.8) is 0 Å². The van der Waals surface area contributed by atoms with Gasteiger partial charge in [0.1, 0.15) is 0 Å². The molecule has 3 atom stereocenters. The molecular formula is C13H27NO. The molecule has 1 aliphatic rings. The number of hydrogen-bond donors (Lipinski definition) is 1. The van der Waals surface area contributed by atoms with Crippen molar-refractivity contribution in [2.24, 2.45) is 17.1 Å². The van der Waals surface area contributed by atoms with Crippen LogP contribution in [0.5, 0.6) is 0 Å². The van der Waals surface area contributed by atoms with Crippen LogP contribution < -0.4 is 5.73 Å². The highest BCUT2D eigenvalue weighted by Crippen LogP contribution is 2.40. The molecule has 0 spiro atoms. The molecular weight excluding hydrogens is 186 g/mol. The number of nitrogens with two attached hydrogens (primary N) is 1. The summed E-state index contributed by atoms with van der Waals surface area (Å²) < 4.78 is 6.06. The Bertz CT molecular complexity index is 191. The normalized spacial score (nSPS) is 32.6. The van der Waals surface area contributed by atoms with E-state index in [0.717, 1.165) is 18.9 Å². The molecule has 0 amide bonds. The van der Waals surface area contributed by atoms with E-state index in [-0.39, 0.29) is 0 Å². The zero-order chi connectivity index (χ0) is 11.5. The van der Waals surface area contributed by atoms with Gasteiger partial charge >= 0.3 is 0 Å². The molecule has 2 heteroatoms. The second kappa shape index (κ2) is 5.31. The van der Waals surface area contributed by atoms with Crippen molar-refractivity contribution in [1.82, 2.24) is 0 Å². The lowest BCUT2D eigenvalue weighted by Crippen LogP contribution is -2.34. The van der Waals surface area contributed by atoms with Gasteiger partial charge in [0.25, 0.3) is 0 Å². The zero-order valence-electron chi connectivity index (χ0n) is 10.8. The van der Waals surface area contributed by atoms with Crippen molar-refractivity contribution >= 4 is 0 Å². The number of hydrogen-bond acceptors (Lipinski definition) is 2. The van der Waals surface area contributed by atoms with E-state index in [1.54, 1.807) is 0 Å². The van der Waals surface area contributed by atoms with Crippen LogP contribution in [0, 0.1) is 11.3 Å². The van der Waals surface area contributed by atoms with Gasteiger partial charge in [-0.1, -0.05) is 20.8 Å². The van der Waals surface area contributed by atoms with Crippen LogP contribution in [0.2, 0.25) is 0 Å². The number of rotatable bonds is 4. The summed E-state index contributed by atoms with van der Waals surface area (Å²) in [5, 5.41) is 0. The highest BCUT2D eigenvalue weighted by Gasteiger charge is 2.33. The first kappa shape index (κ1) is 13.0. The molecule has 1 saturated carbocycles. The van der Waals surface area contributed by atoms with E-state index in [9.17, 15) is 0 Å². The van der Waals surface area contributed by atoms with E-state index in [1.165, 1.54) is 19.3 Å². The average Bonchev–Trinajstić information content (AvgIpc) is 1.99. The lowest BCUT2D eigenvalue weighted by atomic mass is 9.71. The largest absolute Gasteiger partial charge is 0.375 e. The first-order valence-electron chi connectivity index (χ1n) is 6.28. The maximum Gasteiger partial charge on any atom is 0.0586 e. The van der Waals surface area contributed by atoms with Crippen molar-refractivity contribution in [2.75, 3.05) is 6.54 Å². The number of ether oxygens (including phenoxy) is 1. The van der Waals surface area contributed by atoms with Gasteiger partial charge in [-0.2, -0.15) is 0 Å². The van der Waals surface area contributed by atoms with Gasteiger partial charge in [0.15, 0.2) is 0 Å². The molecule has 2 N–H and O–H groups in total. The summed E-state index contributed by atoms with van der Waals surface area (Å²) in [7, 11) is 0. The predicted octanol–water partition coefficient (Wildman–Crippen LogP) is 2.96. The molecule has 0 aliphatic heterocycles. The topological polar surface area (TPSA) is 35.2 Å². The zero-order valence-corrected chi connectivity index (χ0v) is 10.8. The molecule has 0 aromatic heterocycles. The van der Waals surface area contributed by atoms with E-state index < -0.39 is 0 Å². The minimum atomic E-state index is 0.320. The van der Waals surface area contributed by atoms with Gasteiger partial charge in [0.05, 0.1) is 12.2 Å². The summed E-state index contributed by atoms with van der Waals surface area (Å²) in [4.78, 5) is 0. The smallest absolute Gasteiger partial charge is 0.0586 e. The van der Waals surface area contributed by atoms with Crippen LogP contribution in [0.4, 0.5) is 0 Å². The van der Waals surface area contributed by atoms with E-state index in [2.05, 4.69) is 27.7 Å². The van der Waals surface area contributed by atoms with Gasteiger partial charge in [-0.05, 0) is 50.5 Å². The Hall–Kier alpha value is -0.0800. The maximum atomic E-state index is 6.06. The fourth-order valence-corrected chi connectivity index (χ4v) is 2.99. The standard InChI is InChI=1S/C13H27NO/c1-10-7-12(9-13(3,4)8-10)15-11(2)5-6-14/h10-12H,5-9,14H2,1-4H3. The summed E-state index contributed by atoms with van der Waals surface area (Å²) in [5.74, 6) is 0.795. The van der Waals surface area contributed by atoms with E-state index in [4.69, 9.17) is 10.5 Å². The van der Waals surface area contributed by atoms with Gasteiger partial charge in [0, 0.05) is 0 Å². The SMILES string of the molecule is CC1CC(OC(C)CCN)CC(C)(C)C1. The van der Waals surface area contributed by atoms with Crippen LogP contribution in [-0.2, 0) is 4.74 Å². The Balaban J connectivity index is 2.41. The summed E-state index contributed by atoms with van der Waals surface area (Å²) in [5.41, 5.74) is 5.98. The van der Waals surface area contributed by atoms with Crippen molar-refractivity contribution in [1.29, 1.82) is 0 Å². The van der Waals surface area contributed by atoms with Crippen LogP contribution in [0.15, 0.2) is 0 Å². The molecule has 1 aliphatic carbocycles. The van der Waals surface area contributed by atoms with Crippen molar-refractivity contribution in [3.8, 4) is 0 Å². The minimum Gasteiger partial charge on any atom is -0.375 e. The molecule has 0 heterocycles. The summed E-state index contributed by atoms with van der Waals surface area (Å²) in [6.45, 7) is 9.91. The minimum absolute atomic E-state index is 0.320. The fraction of sp³-hybridized carbons (Fsp3) is 1.00. The molecule has 0 aromatic rings. The fourth-order valence-electron chi connectivity index (χ4n) is 2.99. The van der Waals surface area contributed by atoms with E-state index >= 15 is 0 Å². The van der Waals surface area contributed by atoms with Crippen molar-refractivity contribution in [3.05, 3.63) is 0 Å². The predicted molar refractivity (Wildman–Crippen MR) is 64.8 cm³/mol. The lowest BCUT2D eigenvalue weighted by Gasteiger charge is -2.39. The molecule has 1 rings (SSSR count). The van der Waals surface area contributed by atoms with Gasteiger partial charge in [-0.25, -0.2) is 0 Å². The second-order valence-corrected chi connectivity index (χ2v) is 6.06. The van der Waals surface area contributed by atoms with Gasteiger partial charge in [0.2, 0.25) is 0 Å². The Morgan fingerprint density at radius 1 is 1.40 bits per heavy atom. The maximum absolute atomic E-state index is 6.06. The van der Waals surface area contributed by atoms with Gasteiger partial charge < -0.3 is 10.5 Å². The highest BCUT2D eigenvalue weighted by molar-refractivity contribution is 4.83. The first-order valence-corrected chi connectivity index (χ1v) is 6.28. The third kappa shape index (κ3) is 4.52. The lowest BCUT2D eigenvalue weighted by molar-refractivity contribution is -0.0601. The monoisotopic (exact) mass is 213 g/mol. The van der Waals surface area contributed by atoms with Crippen LogP contribution in [0.1, 0.15) is 53.4 Å². The molecule has 15 heavy (non-hydrogen) atoms. The highest BCUT2D eigenvalue weighted by atomic mass is 16.5. The van der Waals surface area contributed by atoms with Gasteiger partial charge in [-0.15, -0.1) is 0 Å². The third-order valence-electron chi connectivity index (χ3n) is 3.34. The molecule has 0 aromatic carbocycles. The quantitative estimate of drug-likeness (QED) is 0.779. The van der Waals surface area contributed by atoms with Gasteiger partial charge in [-0.3, -0.25) is 0 Å². The molecule has 90 valence electrons. The molecule has 0 radical (unpaired) electrons. The van der Waals surface area contributed by atoms with Crippen LogP contribution >= 0.6 is 0 Å². The molecule has 3 unspecified atom stereocenters. The average molecular weight is 213 g/mol. The Morgan fingerprint density at radius 3 is 2.60 bits per heavy atom. The van der Waals surface area contributed by atoms with E-state index in [0.29, 0.717) is 17.6 Å². The van der Waals surface area contributed by atoms with Crippen LogP contribution in [0.3, 0.4) is 0 Å². The third-order valence-corrected chi connectivity index (χ3v) is 3.34. The van der Waals surface area contributed by atoms with E-state index in [1.807, 2.05) is 0 Å². The molecule has 2 nitrogen and oxygen atoms in total. The summed E-state index contributed by atoms with van der Waals surface area (Å²) >= 11 is 0. The first-order chi connectivity index (χ1) is 6.93. The molecule has 0 saturated heterocycles. The summed E-state index contributed by atoms with van der Waals surface area (Å²) in [6.07, 6.45) is 5.50. The Labute approximate surface area is 94.6 Å². The Morgan fingerprint density at radius 2 is 2.07 bits per heavy atom. The Kier molecular flexibility index (Phi) is 4.60. The van der Waals surface area contributed by atoms with Crippen LogP contribution in [-0.4, -0.2) is 18.8 Å². The second-order valence-electron chi connectivity index (χ2n) is 6.06. The van der Waals surface area contributed by atoms with Crippen LogP contribution in [0.25, 0.3) is 0 Å². The van der Waals surface area contributed by atoms with Crippen molar-refractivity contribution in [2.45, 2.75) is 65.6 Å².